The van der Waals surface area contributed by atoms with Gasteiger partial charge in [0.1, 0.15) is 11.8 Å². The predicted octanol–water partition coefficient (Wildman–Crippen LogP) is 1.20. The molecule has 100 valence electrons. The predicted molar refractivity (Wildman–Crippen MR) is 64.2 cm³/mol. The molecular weight excluding hydrogens is 236 g/mol. The molecule has 18 heavy (non-hydrogen) atoms. The number of amides is 1. The molecule has 1 aromatic heterocycles. The summed E-state index contributed by atoms with van der Waals surface area (Å²) >= 11 is 0. The van der Waals surface area contributed by atoms with Gasteiger partial charge in [-0.3, -0.25) is 4.79 Å². The van der Waals surface area contributed by atoms with Crippen LogP contribution in [-0.2, 0) is 16.0 Å². The molecule has 1 amide bonds. The Kier molecular flexibility index (Phi) is 4.88. The quantitative estimate of drug-likeness (QED) is 0.795. The molecule has 0 aliphatic carbocycles. The van der Waals surface area contributed by atoms with Gasteiger partial charge in [-0.15, -0.1) is 0 Å². The summed E-state index contributed by atoms with van der Waals surface area (Å²) in [5.74, 6) is -0.751. The van der Waals surface area contributed by atoms with E-state index in [2.05, 4.69) is 10.5 Å². The summed E-state index contributed by atoms with van der Waals surface area (Å²) in [6.07, 6.45) is 1.21. The third kappa shape index (κ3) is 3.58. The maximum Gasteiger partial charge on any atom is 0.326 e. The summed E-state index contributed by atoms with van der Waals surface area (Å²) in [6.45, 7) is 5.35. The van der Waals surface area contributed by atoms with Gasteiger partial charge >= 0.3 is 5.97 Å². The second kappa shape index (κ2) is 6.18. The molecule has 1 rings (SSSR count). The number of nitrogens with zero attached hydrogens (tertiary/aromatic N) is 1. The Balaban J connectivity index is 2.63. The first-order valence-electron chi connectivity index (χ1n) is 5.89. The summed E-state index contributed by atoms with van der Waals surface area (Å²) in [7, 11) is 0. The van der Waals surface area contributed by atoms with Crippen LogP contribution in [0.25, 0.3) is 0 Å². The minimum absolute atomic E-state index is 0.0919. The lowest BCUT2D eigenvalue weighted by atomic mass is 10.1. The molecule has 1 aromatic rings. The van der Waals surface area contributed by atoms with Crippen molar-refractivity contribution in [2.45, 2.75) is 46.1 Å². The number of carboxylic acids is 1. The number of carbonyl (C=O) groups excluding carboxylic acids is 1. The molecule has 2 N–H and O–H groups in total. The monoisotopic (exact) mass is 254 g/mol. The van der Waals surface area contributed by atoms with E-state index >= 15 is 0 Å². The van der Waals surface area contributed by atoms with Gasteiger partial charge in [0.15, 0.2) is 0 Å². The minimum atomic E-state index is -1.01. The van der Waals surface area contributed by atoms with Gasteiger partial charge in [-0.1, -0.05) is 18.5 Å². The summed E-state index contributed by atoms with van der Waals surface area (Å²) < 4.78 is 4.95. The van der Waals surface area contributed by atoms with Crippen molar-refractivity contribution in [3.63, 3.8) is 0 Å². The Morgan fingerprint density at radius 2 is 2.11 bits per heavy atom. The van der Waals surface area contributed by atoms with E-state index in [0.717, 1.165) is 0 Å². The first-order chi connectivity index (χ1) is 8.45. The van der Waals surface area contributed by atoms with Crippen molar-refractivity contribution in [3.05, 3.63) is 17.0 Å². The molecule has 0 saturated heterocycles. The maximum absolute atomic E-state index is 11.8. The second-order valence-electron chi connectivity index (χ2n) is 4.23. The van der Waals surface area contributed by atoms with E-state index in [9.17, 15) is 9.59 Å². The lowest BCUT2D eigenvalue weighted by Crippen LogP contribution is -2.41. The molecular formula is C12H18N2O4. The molecule has 0 aliphatic rings. The first-order valence-corrected chi connectivity index (χ1v) is 5.89. The normalized spacial score (nSPS) is 12.2. The molecule has 0 unspecified atom stereocenters. The molecule has 0 spiro atoms. The molecule has 6 nitrogen and oxygen atoms in total. The standard InChI is InChI=1S/C12H18N2O4/c1-4-5-10(12(16)17)13-11(15)6-9-7(2)14-18-8(9)3/h10H,4-6H2,1-3H3,(H,13,15)(H,16,17)/t10-/m0/s1. The number of aryl methyl sites for hydroxylation is 2. The van der Waals surface area contributed by atoms with Crippen LogP contribution in [0.2, 0.25) is 0 Å². The largest absolute Gasteiger partial charge is 0.480 e. The average molecular weight is 254 g/mol. The highest BCUT2D eigenvalue weighted by molar-refractivity contribution is 5.85. The van der Waals surface area contributed by atoms with E-state index in [1.165, 1.54) is 0 Å². The fraction of sp³-hybridized carbons (Fsp3) is 0.583. The first kappa shape index (κ1) is 14.2. The van der Waals surface area contributed by atoms with Gasteiger partial charge in [0.05, 0.1) is 12.1 Å². The fourth-order valence-corrected chi connectivity index (χ4v) is 1.71. The number of hydrogen-bond acceptors (Lipinski definition) is 4. The van der Waals surface area contributed by atoms with Crippen LogP contribution in [0, 0.1) is 13.8 Å². The van der Waals surface area contributed by atoms with E-state index in [1.54, 1.807) is 13.8 Å². The molecule has 0 aromatic carbocycles. The summed E-state index contributed by atoms with van der Waals surface area (Å²) in [4.78, 5) is 22.7. The van der Waals surface area contributed by atoms with E-state index < -0.39 is 12.0 Å². The number of rotatable bonds is 6. The van der Waals surface area contributed by atoms with Gasteiger partial charge in [0.2, 0.25) is 5.91 Å². The molecule has 0 saturated carbocycles. The Morgan fingerprint density at radius 3 is 2.56 bits per heavy atom. The number of aromatic nitrogens is 1. The highest BCUT2D eigenvalue weighted by Gasteiger charge is 2.20. The molecule has 1 heterocycles. The molecule has 0 aliphatic heterocycles. The molecule has 0 bridgehead atoms. The van der Waals surface area contributed by atoms with E-state index in [-0.39, 0.29) is 12.3 Å². The van der Waals surface area contributed by atoms with Gasteiger partial charge in [-0.25, -0.2) is 4.79 Å². The topological polar surface area (TPSA) is 92.4 Å². The number of carboxylic acid groups (broad SMARTS) is 1. The van der Waals surface area contributed by atoms with Crippen molar-refractivity contribution < 1.29 is 19.2 Å². The summed E-state index contributed by atoms with van der Waals surface area (Å²) in [5.41, 5.74) is 1.37. The SMILES string of the molecule is CCC[C@H](NC(=O)Cc1c(C)noc1C)C(=O)O. The third-order valence-electron chi connectivity index (χ3n) is 2.73. The molecule has 0 radical (unpaired) electrons. The highest BCUT2D eigenvalue weighted by Crippen LogP contribution is 2.12. The van der Waals surface area contributed by atoms with Crippen LogP contribution in [0.5, 0.6) is 0 Å². The minimum Gasteiger partial charge on any atom is -0.480 e. The van der Waals surface area contributed by atoms with Crippen molar-refractivity contribution in [1.29, 1.82) is 0 Å². The number of aliphatic carboxylic acids is 1. The Morgan fingerprint density at radius 1 is 1.44 bits per heavy atom. The zero-order chi connectivity index (χ0) is 13.7. The van der Waals surface area contributed by atoms with Crippen LogP contribution in [0.3, 0.4) is 0 Å². The van der Waals surface area contributed by atoms with Gasteiger partial charge in [0.25, 0.3) is 0 Å². The van der Waals surface area contributed by atoms with Crippen LogP contribution in [0.4, 0.5) is 0 Å². The van der Waals surface area contributed by atoms with E-state index in [1.807, 2.05) is 6.92 Å². The molecule has 0 fully saturated rings. The van der Waals surface area contributed by atoms with Crippen molar-refractivity contribution >= 4 is 11.9 Å². The number of carbonyl (C=O) groups is 2. The Bertz CT molecular complexity index is 420. The second-order valence-corrected chi connectivity index (χ2v) is 4.23. The van der Waals surface area contributed by atoms with Crippen LogP contribution in [0.1, 0.15) is 36.8 Å². The van der Waals surface area contributed by atoms with Gasteiger partial charge in [0, 0.05) is 5.56 Å². The summed E-state index contributed by atoms with van der Waals surface area (Å²) in [5, 5.41) is 15.2. The maximum atomic E-state index is 11.8. The van der Waals surface area contributed by atoms with Crippen LogP contribution >= 0.6 is 0 Å². The van der Waals surface area contributed by atoms with Crippen LogP contribution < -0.4 is 5.32 Å². The van der Waals surface area contributed by atoms with Crippen molar-refractivity contribution in [2.24, 2.45) is 0 Å². The third-order valence-corrected chi connectivity index (χ3v) is 2.73. The highest BCUT2D eigenvalue weighted by atomic mass is 16.5. The van der Waals surface area contributed by atoms with Crippen molar-refractivity contribution in [1.82, 2.24) is 10.5 Å². The molecule has 1 atom stereocenters. The van der Waals surface area contributed by atoms with Gasteiger partial charge < -0.3 is 14.9 Å². The van der Waals surface area contributed by atoms with Crippen LogP contribution in [-0.4, -0.2) is 28.2 Å². The van der Waals surface area contributed by atoms with Crippen molar-refractivity contribution in [3.8, 4) is 0 Å². The zero-order valence-corrected chi connectivity index (χ0v) is 10.8. The Labute approximate surface area is 105 Å². The van der Waals surface area contributed by atoms with Gasteiger partial charge in [-0.2, -0.15) is 0 Å². The lowest BCUT2D eigenvalue weighted by Gasteiger charge is -2.13. The lowest BCUT2D eigenvalue weighted by molar-refractivity contribution is -0.141. The van der Waals surface area contributed by atoms with E-state index in [0.29, 0.717) is 29.9 Å². The number of hydrogen-bond donors (Lipinski definition) is 2. The van der Waals surface area contributed by atoms with Crippen LogP contribution in [0.15, 0.2) is 4.52 Å². The smallest absolute Gasteiger partial charge is 0.326 e. The Hall–Kier alpha value is -1.85. The molecule has 6 heteroatoms. The average Bonchev–Trinajstić information content (AvgIpc) is 2.60. The van der Waals surface area contributed by atoms with E-state index in [4.69, 9.17) is 9.63 Å². The zero-order valence-electron chi connectivity index (χ0n) is 10.8. The number of nitrogens with one attached hydrogen (secondary N) is 1. The summed E-state index contributed by atoms with van der Waals surface area (Å²) in [6, 6.07) is -0.831. The van der Waals surface area contributed by atoms with Crippen molar-refractivity contribution in [2.75, 3.05) is 0 Å². The fourth-order valence-electron chi connectivity index (χ4n) is 1.71. The van der Waals surface area contributed by atoms with Gasteiger partial charge in [-0.05, 0) is 20.3 Å².